The van der Waals surface area contributed by atoms with Crippen molar-refractivity contribution in [3.63, 3.8) is 0 Å². The third kappa shape index (κ3) is 2.58. The molecule has 0 saturated carbocycles. The summed E-state index contributed by atoms with van der Waals surface area (Å²) in [4.78, 5) is 4.19. The maximum atomic E-state index is 5.47. The van der Waals surface area contributed by atoms with E-state index in [1.165, 1.54) is 0 Å². The Balaban J connectivity index is 1.91. The Bertz CT molecular complexity index is 659. The minimum atomic E-state index is 0.183. The summed E-state index contributed by atoms with van der Waals surface area (Å²) in [7, 11) is 0. The summed E-state index contributed by atoms with van der Waals surface area (Å²) in [5.41, 5.74) is 2.19. The van der Waals surface area contributed by atoms with Crippen LogP contribution in [0.25, 0.3) is 5.52 Å². The Labute approximate surface area is 117 Å². The number of rotatable bonds is 6. The molecule has 0 spiro atoms. The molecular weight excluding hydrogens is 252 g/mol. The fraction of sp³-hybridized carbons (Fsp3) is 0.333. The lowest BCUT2D eigenvalue weighted by molar-refractivity contribution is 0.450. The lowest BCUT2D eigenvalue weighted by Crippen LogP contribution is -2.23. The van der Waals surface area contributed by atoms with Crippen LogP contribution in [0.5, 0.6) is 0 Å². The molecule has 0 bridgehead atoms. The number of fused-ring (bicyclic) bond motifs is 1. The van der Waals surface area contributed by atoms with Gasteiger partial charge in [0.2, 0.25) is 0 Å². The van der Waals surface area contributed by atoms with E-state index in [2.05, 4.69) is 22.3 Å². The highest BCUT2D eigenvalue weighted by Crippen LogP contribution is 2.22. The second-order valence-electron chi connectivity index (χ2n) is 4.80. The lowest BCUT2D eigenvalue weighted by Gasteiger charge is -2.16. The number of nitrogens with one attached hydrogen (secondary N) is 1. The molecule has 3 rings (SSSR count). The minimum Gasteiger partial charge on any atom is -0.469 e. The molecule has 1 N–H and O–H groups in total. The van der Waals surface area contributed by atoms with Crippen LogP contribution in [0.1, 0.15) is 30.7 Å². The van der Waals surface area contributed by atoms with Gasteiger partial charge in [0.05, 0.1) is 24.2 Å². The molecule has 5 heteroatoms. The number of nitrogens with zero attached hydrogens (tertiary/aromatic N) is 3. The second kappa shape index (κ2) is 5.88. The van der Waals surface area contributed by atoms with Gasteiger partial charge in [-0.15, -0.1) is 0 Å². The summed E-state index contributed by atoms with van der Waals surface area (Å²) < 4.78 is 7.32. The number of hydrogen-bond donors (Lipinski definition) is 1. The van der Waals surface area contributed by atoms with Crippen molar-refractivity contribution in [2.24, 2.45) is 0 Å². The smallest absolute Gasteiger partial charge is 0.105 e. The monoisotopic (exact) mass is 270 g/mol. The van der Waals surface area contributed by atoms with E-state index in [1.54, 1.807) is 12.5 Å². The highest BCUT2D eigenvalue weighted by atomic mass is 16.3. The predicted octanol–water partition coefficient (Wildman–Crippen LogP) is 2.61. The van der Waals surface area contributed by atoms with E-state index in [0.29, 0.717) is 0 Å². The van der Waals surface area contributed by atoms with Gasteiger partial charge in [-0.3, -0.25) is 4.98 Å². The van der Waals surface area contributed by atoms with Crippen LogP contribution in [0.3, 0.4) is 0 Å². The molecule has 3 aromatic rings. The molecule has 5 nitrogen and oxygen atoms in total. The van der Waals surface area contributed by atoms with Gasteiger partial charge >= 0.3 is 0 Å². The summed E-state index contributed by atoms with van der Waals surface area (Å²) in [6.45, 7) is 3.12. The SMILES string of the molecule is CCCNC(Cc1ccco1)c1cnn2ccncc12. The number of furan rings is 1. The van der Waals surface area contributed by atoms with Gasteiger partial charge in [-0.25, -0.2) is 4.52 Å². The first-order valence-corrected chi connectivity index (χ1v) is 6.91. The molecule has 104 valence electrons. The third-order valence-electron chi connectivity index (χ3n) is 3.36. The fourth-order valence-electron chi connectivity index (χ4n) is 2.36. The van der Waals surface area contributed by atoms with Crippen LogP contribution in [-0.4, -0.2) is 21.1 Å². The summed E-state index contributed by atoms with van der Waals surface area (Å²) in [5.74, 6) is 0.974. The van der Waals surface area contributed by atoms with Crippen LogP contribution < -0.4 is 5.32 Å². The molecule has 1 unspecified atom stereocenters. The minimum absolute atomic E-state index is 0.183. The van der Waals surface area contributed by atoms with Crippen LogP contribution in [0.4, 0.5) is 0 Å². The molecule has 0 aliphatic heterocycles. The largest absolute Gasteiger partial charge is 0.469 e. The molecular formula is C15H18N4O. The van der Waals surface area contributed by atoms with Gasteiger partial charge in [0.1, 0.15) is 5.76 Å². The van der Waals surface area contributed by atoms with E-state index >= 15 is 0 Å². The zero-order chi connectivity index (χ0) is 13.8. The molecule has 1 atom stereocenters. The van der Waals surface area contributed by atoms with E-state index in [0.717, 1.165) is 36.2 Å². The molecule has 0 radical (unpaired) electrons. The van der Waals surface area contributed by atoms with Crippen LogP contribution in [-0.2, 0) is 6.42 Å². The Morgan fingerprint density at radius 3 is 3.15 bits per heavy atom. The molecule has 0 aliphatic carbocycles. The standard InChI is InChI=1S/C15H18N4O/c1-2-5-17-14(9-12-4-3-8-20-12)13-10-18-19-7-6-16-11-15(13)19/h3-4,6-8,10-11,14,17H,2,5,9H2,1H3. The molecule has 0 aliphatic rings. The molecule has 3 aromatic heterocycles. The van der Waals surface area contributed by atoms with Crippen LogP contribution in [0, 0.1) is 0 Å². The van der Waals surface area contributed by atoms with E-state index in [9.17, 15) is 0 Å². The van der Waals surface area contributed by atoms with Gasteiger partial charge in [-0.05, 0) is 25.1 Å². The Hall–Kier alpha value is -2.14. The zero-order valence-corrected chi connectivity index (χ0v) is 11.5. The van der Waals surface area contributed by atoms with E-state index in [1.807, 2.05) is 35.2 Å². The normalized spacial score (nSPS) is 12.8. The second-order valence-corrected chi connectivity index (χ2v) is 4.80. The van der Waals surface area contributed by atoms with Gasteiger partial charge in [0.15, 0.2) is 0 Å². The molecule has 20 heavy (non-hydrogen) atoms. The highest BCUT2D eigenvalue weighted by Gasteiger charge is 2.17. The van der Waals surface area contributed by atoms with Gasteiger partial charge in [0.25, 0.3) is 0 Å². The van der Waals surface area contributed by atoms with E-state index < -0.39 is 0 Å². The van der Waals surface area contributed by atoms with Crippen LogP contribution in [0.2, 0.25) is 0 Å². The van der Waals surface area contributed by atoms with E-state index in [4.69, 9.17) is 4.42 Å². The maximum absolute atomic E-state index is 5.47. The fourth-order valence-corrected chi connectivity index (χ4v) is 2.36. The zero-order valence-electron chi connectivity index (χ0n) is 11.5. The number of aromatic nitrogens is 3. The maximum Gasteiger partial charge on any atom is 0.105 e. The van der Waals surface area contributed by atoms with Crippen molar-refractivity contribution in [2.75, 3.05) is 6.54 Å². The van der Waals surface area contributed by atoms with Gasteiger partial charge < -0.3 is 9.73 Å². The quantitative estimate of drug-likeness (QED) is 0.748. The van der Waals surface area contributed by atoms with Crippen molar-refractivity contribution < 1.29 is 4.42 Å². The van der Waals surface area contributed by atoms with Gasteiger partial charge in [0, 0.05) is 30.4 Å². The lowest BCUT2D eigenvalue weighted by atomic mass is 10.0. The summed E-state index contributed by atoms with van der Waals surface area (Å²) in [6.07, 6.45) is 11.0. The topological polar surface area (TPSA) is 55.4 Å². The van der Waals surface area contributed by atoms with Gasteiger partial charge in [-0.1, -0.05) is 6.92 Å². The first-order valence-electron chi connectivity index (χ1n) is 6.91. The Morgan fingerprint density at radius 1 is 1.40 bits per heavy atom. The Morgan fingerprint density at radius 2 is 2.35 bits per heavy atom. The van der Waals surface area contributed by atoms with Crippen molar-refractivity contribution >= 4 is 5.52 Å². The van der Waals surface area contributed by atoms with Crippen LogP contribution >= 0.6 is 0 Å². The molecule has 0 amide bonds. The van der Waals surface area contributed by atoms with Crippen molar-refractivity contribution in [3.05, 3.63) is 54.5 Å². The van der Waals surface area contributed by atoms with Crippen LogP contribution in [0.15, 0.2) is 47.6 Å². The van der Waals surface area contributed by atoms with Crippen molar-refractivity contribution in [2.45, 2.75) is 25.8 Å². The highest BCUT2D eigenvalue weighted by molar-refractivity contribution is 5.53. The predicted molar refractivity (Wildman–Crippen MR) is 76.4 cm³/mol. The summed E-state index contributed by atoms with van der Waals surface area (Å²) in [5, 5.41) is 7.94. The summed E-state index contributed by atoms with van der Waals surface area (Å²) >= 11 is 0. The third-order valence-corrected chi connectivity index (χ3v) is 3.36. The molecule has 0 aromatic carbocycles. The first-order chi connectivity index (χ1) is 9.88. The van der Waals surface area contributed by atoms with Crippen molar-refractivity contribution in [1.82, 2.24) is 19.9 Å². The van der Waals surface area contributed by atoms with E-state index in [-0.39, 0.29) is 6.04 Å². The Kier molecular flexibility index (Phi) is 3.78. The number of hydrogen-bond acceptors (Lipinski definition) is 4. The average Bonchev–Trinajstić information content (AvgIpc) is 3.12. The molecule has 0 fully saturated rings. The molecule has 3 heterocycles. The van der Waals surface area contributed by atoms with Crippen molar-refractivity contribution in [3.8, 4) is 0 Å². The molecule has 0 saturated heterocycles. The van der Waals surface area contributed by atoms with Crippen molar-refractivity contribution in [1.29, 1.82) is 0 Å². The van der Waals surface area contributed by atoms with Gasteiger partial charge in [-0.2, -0.15) is 5.10 Å². The first kappa shape index (κ1) is 12.9. The average molecular weight is 270 g/mol. The summed E-state index contributed by atoms with van der Waals surface area (Å²) in [6, 6.07) is 4.11.